The predicted molar refractivity (Wildman–Crippen MR) is 75.7 cm³/mol. The van der Waals surface area contributed by atoms with Crippen molar-refractivity contribution in [2.24, 2.45) is 5.92 Å². The lowest BCUT2D eigenvalue weighted by molar-refractivity contribution is 0.373. The van der Waals surface area contributed by atoms with Gasteiger partial charge in [-0.05, 0) is 43.4 Å². The van der Waals surface area contributed by atoms with Gasteiger partial charge in [0.2, 0.25) is 0 Å². The number of hydrogen-bond donors (Lipinski definition) is 2. The van der Waals surface area contributed by atoms with Crippen molar-refractivity contribution in [2.75, 3.05) is 17.6 Å². The molecule has 1 aromatic rings. The highest BCUT2D eigenvalue weighted by molar-refractivity contribution is 6.31. The molecule has 0 saturated heterocycles. The van der Waals surface area contributed by atoms with Crippen LogP contribution in [0.4, 0.5) is 11.4 Å². The summed E-state index contributed by atoms with van der Waals surface area (Å²) in [4.78, 5) is 0. The van der Waals surface area contributed by atoms with E-state index >= 15 is 0 Å². The topological polar surface area (TPSA) is 38.0 Å². The Morgan fingerprint density at radius 3 is 2.71 bits per heavy atom. The van der Waals surface area contributed by atoms with Crippen molar-refractivity contribution in [1.29, 1.82) is 0 Å². The van der Waals surface area contributed by atoms with E-state index in [1.807, 2.05) is 19.1 Å². The van der Waals surface area contributed by atoms with Gasteiger partial charge in [-0.3, -0.25) is 0 Å². The summed E-state index contributed by atoms with van der Waals surface area (Å²) in [6, 6.07) is 3.88. The van der Waals surface area contributed by atoms with Gasteiger partial charge in [0.15, 0.2) is 0 Å². The maximum atomic E-state index is 6.03. The Bertz CT molecular complexity index is 384. The molecule has 0 atom stereocenters. The van der Waals surface area contributed by atoms with Gasteiger partial charge < -0.3 is 11.1 Å². The highest BCUT2D eigenvalue weighted by atomic mass is 35.5. The highest BCUT2D eigenvalue weighted by Crippen LogP contribution is 2.28. The van der Waals surface area contributed by atoms with E-state index in [2.05, 4.69) is 5.32 Å². The van der Waals surface area contributed by atoms with Gasteiger partial charge in [0.25, 0.3) is 0 Å². The van der Waals surface area contributed by atoms with Crippen LogP contribution in [0.5, 0.6) is 0 Å². The van der Waals surface area contributed by atoms with Crippen molar-refractivity contribution in [1.82, 2.24) is 0 Å². The Labute approximate surface area is 109 Å². The quantitative estimate of drug-likeness (QED) is 0.791. The number of nitrogens with one attached hydrogen (secondary N) is 1. The van der Waals surface area contributed by atoms with E-state index in [1.165, 1.54) is 32.1 Å². The molecule has 0 bridgehead atoms. The fourth-order valence-electron chi connectivity index (χ4n) is 2.50. The minimum Gasteiger partial charge on any atom is -0.397 e. The van der Waals surface area contributed by atoms with Crippen molar-refractivity contribution in [3.8, 4) is 0 Å². The number of anilines is 2. The van der Waals surface area contributed by atoms with Gasteiger partial charge >= 0.3 is 0 Å². The van der Waals surface area contributed by atoms with Crippen LogP contribution >= 0.6 is 11.6 Å². The van der Waals surface area contributed by atoms with Crippen LogP contribution in [0.3, 0.4) is 0 Å². The van der Waals surface area contributed by atoms with Crippen molar-refractivity contribution in [3.63, 3.8) is 0 Å². The molecule has 0 spiro atoms. The largest absolute Gasteiger partial charge is 0.397 e. The first-order valence-corrected chi connectivity index (χ1v) is 6.84. The summed E-state index contributed by atoms with van der Waals surface area (Å²) in [5, 5.41) is 4.21. The average molecular weight is 253 g/mol. The number of nitrogen functional groups attached to an aromatic ring is 1. The fraction of sp³-hybridized carbons (Fsp3) is 0.571. The molecule has 2 rings (SSSR count). The zero-order chi connectivity index (χ0) is 12.3. The van der Waals surface area contributed by atoms with E-state index in [4.69, 9.17) is 17.3 Å². The minimum atomic E-state index is 0.741. The molecule has 1 saturated carbocycles. The molecule has 3 heteroatoms. The number of aryl methyl sites for hydroxylation is 1. The first-order chi connectivity index (χ1) is 8.16. The summed E-state index contributed by atoms with van der Waals surface area (Å²) >= 11 is 6.03. The Balaban J connectivity index is 1.96. The first kappa shape index (κ1) is 12.6. The zero-order valence-electron chi connectivity index (χ0n) is 10.4. The molecule has 1 fully saturated rings. The van der Waals surface area contributed by atoms with Crippen LogP contribution in [-0.2, 0) is 0 Å². The third-order valence-corrected chi connectivity index (χ3v) is 4.04. The Morgan fingerprint density at radius 1 is 1.29 bits per heavy atom. The van der Waals surface area contributed by atoms with Crippen molar-refractivity contribution >= 4 is 23.0 Å². The molecule has 3 N–H and O–H groups in total. The summed E-state index contributed by atoms with van der Waals surface area (Å²) in [6.45, 7) is 3.04. The minimum absolute atomic E-state index is 0.741. The SMILES string of the molecule is Cc1cc(NCC2CCCCC2)c(N)cc1Cl. The van der Waals surface area contributed by atoms with E-state index in [9.17, 15) is 0 Å². The zero-order valence-corrected chi connectivity index (χ0v) is 11.2. The van der Waals surface area contributed by atoms with Crippen LogP contribution in [0.1, 0.15) is 37.7 Å². The smallest absolute Gasteiger partial charge is 0.0577 e. The number of halogens is 1. The molecule has 0 aliphatic heterocycles. The van der Waals surface area contributed by atoms with E-state index in [-0.39, 0.29) is 0 Å². The standard InChI is InChI=1S/C14H21ClN2/c1-10-7-14(13(16)8-12(10)15)17-9-11-5-3-2-4-6-11/h7-8,11,17H,2-6,9,16H2,1H3. The Kier molecular flexibility index (Phi) is 4.16. The molecule has 0 aromatic heterocycles. The van der Waals surface area contributed by atoms with Crippen LogP contribution in [0, 0.1) is 12.8 Å². The van der Waals surface area contributed by atoms with Gasteiger partial charge in [-0.1, -0.05) is 30.9 Å². The van der Waals surface area contributed by atoms with Crippen molar-refractivity contribution in [2.45, 2.75) is 39.0 Å². The van der Waals surface area contributed by atoms with E-state index < -0.39 is 0 Å². The maximum Gasteiger partial charge on any atom is 0.0577 e. The Hall–Kier alpha value is -0.890. The molecular weight excluding hydrogens is 232 g/mol. The van der Waals surface area contributed by atoms with Gasteiger partial charge in [0, 0.05) is 11.6 Å². The third-order valence-electron chi connectivity index (χ3n) is 3.64. The normalized spacial score (nSPS) is 17.1. The average Bonchev–Trinajstić information content (AvgIpc) is 2.33. The first-order valence-electron chi connectivity index (χ1n) is 6.46. The lowest BCUT2D eigenvalue weighted by Gasteiger charge is -2.23. The molecule has 0 heterocycles. The molecule has 0 radical (unpaired) electrons. The molecule has 1 aliphatic carbocycles. The van der Waals surface area contributed by atoms with Crippen LogP contribution in [0.2, 0.25) is 5.02 Å². The number of nitrogens with two attached hydrogens (primary N) is 1. The van der Waals surface area contributed by atoms with Gasteiger partial charge in [0.1, 0.15) is 0 Å². The van der Waals surface area contributed by atoms with Gasteiger partial charge in [0.05, 0.1) is 11.4 Å². The third kappa shape index (κ3) is 3.29. The molecule has 0 unspecified atom stereocenters. The van der Waals surface area contributed by atoms with Crippen LogP contribution < -0.4 is 11.1 Å². The molecule has 0 amide bonds. The number of benzene rings is 1. The van der Waals surface area contributed by atoms with Gasteiger partial charge in [-0.25, -0.2) is 0 Å². The lowest BCUT2D eigenvalue weighted by Crippen LogP contribution is -2.17. The second-order valence-corrected chi connectivity index (χ2v) is 5.48. The summed E-state index contributed by atoms with van der Waals surface area (Å²) in [5.74, 6) is 0.805. The highest BCUT2D eigenvalue weighted by Gasteiger charge is 2.13. The van der Waals surface area contributed by atoms with Crippen molar-refractivity contribution < 1.29 is 0 Å². The van der Waals surface area contributed by atoms with Gasteiger partial charge in [-0.2, -0.15) is 0 Å². The molecule has 1 aliphatic rings. The van der Waals surface area contributed by atoms with E-state index in [0.29, 0.717) is 0 Å². The summed E-state index contributed by atoms with van der Waals surface area (Å²) in [7, 11) is 0. The van der Waals surface area contributed by atoms with E-state index in [0.717, 1.165) is 34.4 Å². The molecule has 2 nitrogen and oxygen atoms in total. The second-order valence-electron chi connectivity index (χ2n) is 5.07. The van der Waals surface area contributed by atoms with Crippen LogP contribution in [0.15, 0.2) is 12.1 Å². The summed E-state index contributed by atoms with van der Waals surface area (Å²) < 4.78 is 0. The molecular formula is C14H21ClN2. The molecule has 17 heavy (non-hydrogen) atoms. The van der Waals surface area contributed by atoms with Crippen LogP contribution in [0.25, 0.3) is 0 Å². The number of hydrogen-bond acceptors (Lipinski definition) is 2. The summed E-state index contributed by atoms with van der Waals surface area (Å²) in [6.07, 6.45) is 6.85. The van der Waals surface area contributed by atoms with E-state index in [1.54, 1.807) is 0 Å². The maximum absolute atomic E-state index is 6.03. The van der Waals surface area contributed by atoms with Crippen molar-refractivity contribution in [3.05, 3.63) is 22.7 Å². The lowest BCUT2D eigenvalue weighted by atomic mass is 9.89. The Morgan fingerprint density at radius 2 is 2.00 bits per heavy atom. The van der Waals surface area contributed by atoms with Crippen LogP contribution in [-0.4, -0.2) is 6.54 Å². The molecule has 1 aromatic carbocycles. The molecule has 94 valence electrons. The predicted octanol–water partition coefficient (Wildman–Crippen LogP) is 4.22. The fourth-order valence-corrected chi connectivity index (χ4v) is 2.67. The summed E-state index contributed by atoms with van der Waals surface area (Å²) in [5.41, 5.74) is 8.81. The number of rotatable bonds is 3. The van der Waals surface area contributed by atoms with Gasteiger partial charge in [-0.15, -0.1) is 0 Å². The second kappa shape index (κ2) is 5.63. The monoisotopic (exact) mass is 252 g/mol.